The van der Waals surface area contributed by atoms with Gasteiger partial charge in [0.25, 0.3) is 5.91 Å². The number of carbonyl (C=O) groups excluding carboxylic acids is 1. The zero-order valence-corrected chi connectivity index (χ0v) is 13.3. The highest BCUT2D eigenvalue weighted by Gasteiger charge is 2.16. The summed E-state index contributed by atoms with van der Waals surface area (Å²) in [5, 5.41) is 8.06. The molecule has 5 heteroatoms. The van der Waals surface area contributed by atoms with Crippen LogP contribution in [0.1, 0.15) is 38.2 Å². The summed E-state index contributed by atoms with van der Waals surface area (Å²) >= 11 is 5.90. The number of aryl methyl sites for hydroxylation is 1. The number of anilines is 1. The van der Waals surface area contributed by atoms with Gasteiger partial charge >= 0.3 is 0 Å². The molecule has 0 aromatic heterocycles. The van der Waals surface area contributed by atoms with E-state index in [-0.39, 0.29) is 12.5 Å². The lowest BCUT2D eigenvalue weighted by molar-refractivity contribution is -0.119. The van der Waals surface area contributed by atoms with Crippen LogP contribution < -0.4 is 10.7 Å². The van der Waals surface area contributed by atoms with Crippen LogP contribution in [0.2, 0.25) is 5.02 Å². The smallest absolute Gasteiger partial charge is 0.259 e. The fourth-order valence-corrected chi connectivity index (χ4v) is 2.74. The minimum absolute atomic E-state index is 0.130. The Kier molecular flexibility index (Phi) is 5.62. The van der Waals surface area contributed by atoms with Crippen molar-refractivity contribution in [3.63, 3.8) is 0 Å². The minimum Gasteiger partial charge on any atom is -0.376 e. The van der Waals surface area contributed by atoms with Crippen LogP contribution in [-0.2, 0) is 4.79 Å². The lowest BCUT2D eigenvalue weighted by atomic mass is 9.89. The number of hydrogen-bond donors (Lipinski definition) is 2. The Morgan fingerprint density at radius 3 is 2.95 bits per heavy atom. The molecule has 2 N–H and O–H groups in total. The zero-order chi connectivity index (χ0) is 15.2. The van der Waals surface area contributed by atoms with Gasteiger partial charge in [0.2, 0.25) is 0 Å². The molecule has 114 valence electrons. The van der Waals surface area contributed by atoms with Crippen molar-refractivity contribution in [3.05, 3.63) is 28.8 Å². The predicted octanol–water partition coefficient (Wildman–Crippen LogP) is 3.74. The largest absolute Gasteiger partial charge is 0.376 e. The summed E-state index contributed by atoms with van der Waals surface area (Å²) in [7, 11) is 0. The lowest BCUT2D eigenvalue weighted by Crippen LogP contribution is -2.29. The molecule has 0 saturated heterocycles. The van der Waals surface area contributed by atoms with E-state index < -0.39 is 0 Å². The molecule has 1 fully saturated rings. The van der Waals surface area contributed by atoms with Crippen molar-refractivity contribution < 1.29 is 4.79 Å². The number of hydrazone groups is 1. The van der Waals surface area contributed by atoms with Crippen LogP contribution in [0.5, 0.6) is 0 Å². The van der Waals surface area contributed by atoms with Crippen LogP contribution >= 0.6 is 11.6 Å². The Labute approximate surface area is 131 Å². The third-order valence-corrected chi connectivity index (χ3v) is 4.08. The van der Waals surface area contributed by atoms with E-state index in [1.54, 1.807) is 6.07 Å². The number of amides is 1. The molecule has 0 heterocycles. The number of carbonyl (C=O) groups is 1. The summed E-state index contributed by atoms with van der Waals surface area (Å²) in [4.78, 5) is 11.8. The first-order valence-corrected chi connectivity index (χ1v) is 7.79. The number of benzene rings is 1. The lowest BCUT2D eigenvalue weighted by Gasteiger charge is -2.19. The van der Waals surface area contributed by atoms with Crippen molar-refractivity contribution in [2.45, 2.75) is 39.5 Å². The van der Waals surface area contributed by atoms with Gasteiger partial charge in [-0.25, -0.2) is 5.43 Å². The van der Waals surface area contributed by atoms with Crippen molar-refractivity contribution in [2.24, 2.45) is 11.0 Å². The molecule has 0 spiro atoms. The number of nitrogens with zero attached hydrogens (tertiary/aromatic N) is 1. The maximum atomic E-state index is 11.8. The molecule has 1 amide bonds. The van der Waals surface area contributed by atoms with Crippen molar-refractivity contribution in [2.75, 3.05) is 11.9 Å². The second kappa shape index (κ2) is 7.46. The molecule has 2 rings (SSSR count). The van der Waals surface area contributed by atoms with Gasteiger partial charge in [-0.15, -0.1) is 0 Å². The molecule has 4 nitrogen and oxygen atoms in total. The second-order valence-electron chi connectivity index (χ2n) is 5.60. The summed E-state index contributed by atoms with van der Waals surface area (Å²) in [6, 6.07) is 5.55. The maximum absolute atomic E-state index is 11.8. The predicted molar refractivity (Wildman–Crippen MR) is 87.9 cm³/mol. The van der Waals surface area contributed by atoms with Gasteiger partial charge in [-0.1, -0.05) is 24.9 Å². The molecular formula is C16H22ClN3O. The first-order valence-electron chi connectivity index (χ1n) is 7.41. The van der Waals surface area contributed by atoms with E-state index in [9.17, 15) is 4.79 Å². The Hall–Kier alpha value is -1.55. The van der Waals surface area contributed by atoms with E-state index in [2.05, 4.69) is 22.8 Å². The fourth-order valence-electron chi connectivity index (χ4n) is 2.51. The highest BCUT2D eigenvalue weighted by atomic mass is 35.5. The molecule has 0 bridgehead atoms. The second-order valence-corrected chi connectivity index (χ2v) is 6.03. The van der Waals surface area contributed by atoms with Crippen molar-refractivity contribution in [3.8, 4) is 0 Å². The summed E-state index contributed by atoms with van der Waals surface area (Å²) in [6.07, 6.45) is 4.58. The normalized spacial score (nSPS) is 20.3. The van der Waals surface area contributed by atoms with Gasteiger partial charge in [0, 0.05) is 16.4 Å². The quantitative estimate of drug-likeness (QED) is 0.833. The Morgan fingerprint density at radius 2 is 2.24 bits per heavy atom. The van der Waals surface area contributed by atoms with Gasteiger partial charge in [0.05, 0.1) is 6.54 Å². The van der Waals surface area contributed by atoms with Crippen molar-refractivity contribution >= 4 is 28.9 Å². The fraction of sp³-hybridized carbons (Fsp3) is 0.500. The SMILES string of the molecule is Cc1cc(Cl)ccc1NCC(=O)NN=C1CCCC[C@H]1C. The number of halogens is 1. The molecule has 1 saturated carbocycles. The third-order valence-electron chi connectivity index (χ3n) is 3.84. The van der Waals surface area contributed by atoms with Crippen molar-refractivity contribution in [1.82, 2.24) is 5.43 Å². The highest BCUT2D eigenvalue weighted by Crippen LogP contribution is 2.21. The Morgan fingerprint density at radius 1 is 1.43 bits per heavy atom. The third kappa shape index (κ3) is 4.74. The van der Waals surface area contributed by atoms with Gasteiger partial charge in [-0.3, -0.25) is 4.79 Å². The Balaban J connectivity index is 1.83. The molecule has 1 aliphatic carbocycles. The summed E-state index contributed by atoms with van der Waals surface area (Å²) in [6.45, 7) is 4.32. The maximum Gasteiger partial charge on any atom is 0.259 e. The van der Waals surface area contributed by atoms with Gasteiger partial charge in [-0.05, 0) is 55.9 Å². The summed E-state index contributed by atoms with van der Waals surface area (Å²) < 4.78 is 0. The standard InChI is InChI=1S/C16H22ClN3O/c1-11-5-3-4-6-15(11)19-20-16(21)10-18-14-8-7-13(17)9-12(14)2/h7-9,11,18H,3-6,10H2,1-2H3,(H,20,21)/t11-/m1/s1. The average molecular weight is 308 g/mol. The number of hydrogen-bond acceptors (Lipinski definition) is 3. The highest BCUT2D eigenvalue weighted by molar-refractivity contribution is 6.30. The molecule has 0 aliphatic heterocycles. The van der Waals surface area contributed by atoms with Crippen molar-refractivity contribution in [1.29, 1.82) is 0 Å². The van der Waals surface area contributed by atoms with E-state index in [0.717, 1.165) is 29.8 Å². The summed E-state index contributed by atoms with van der Waals surface area (Å²) in [5.74, 6) is 0.347. The van der Waals surface area contributed by atoms with Gasteiger partial charge < -0.3 is 5.32 Å². The number of rotatable bonds is 4. The first-order chi connectivity index (χ1) is 10.1. The van der Waals surface area contributed by atoms with Crippen LogP contribution in [0, 0.1) is 12.8 Å². The summed E-state index contributed by atoms with van der Waals surface area (Å²) in [5.41, 5.74) is 5.68. The zero-order valence-electron chi connectivity index (χ0n) is 12.6. The van der Waals surface area contributed by atoms with Crippen LogP contribution in [0.3, 0.4) is 0 Å². The Bertz CT molecular complexity index is 542. The van der Waals surface area contributed by atoms with E-state index >= 15 is 0 Å². The van der Waals surface area contributed by atoms with E-state index in [0.29, 0.717) is 10.9 Å². The number of nitrogens with one attached hydrogen (secondary N) is 2. The average Bonchev–Trinajstić information content (AvgIpc) is 2.45. The van der Waals surface area contributed by atoms with Crippen LogP contribution in [0.15, 0.2) is 23.3 Å². The topological polar surface area (TPSA) is 53.5 Å². The van der Waals surface area contributed by atoms with Gasteiger partial charge in [0.1, 0.15) is 0 Å². The van der Waals surface area contributed by atoms with E-state index in [4.69, 9.17) is 11.6 Å². The van der Waals surface area contributed by atoms with Gasteiger partial charge in [0.15, 0.2) is 0 Å². The van der Waals surface area contributed by atoms with Crippen LogP contribution in [-0.4, -0.2) is 18.2 Å². The van der Waals surface area contributed by atoms with Gasteiger partial charge in [-0.2, -0.15) is 5.10 Å². The van der Waals surface area contributed by atoms with E-state index in [1.165, 1.54) is 12.8 Å². The monoisotopic (exact) mass is 307 g/mol. The molecule has 0 unspecified atom stereocenters. The molecule has 21 heavy (non-hydrogen) atoms. The minimum atomic E-state index is -0.130. The molecular weight excluding hydrogens is 286 g/mol. The molecule has 1 atom stereocenters. The van der Waals surface area contributed by atoms with E-state index in [1.807, 2.05) is 19.1 Å². The molecule has 1 aliphatic rings. The molecule has 1 aromatic carbocycles. The van der Waals surface area contributed by atoms with Crippen LogP contribution in [0.25, 0.3) is 0 Å². The molecule has 1 aromatic rings. The first kappa shape index (κ1) is 15.8. The molecule has 0 radical (unpaired) electrons. The van der Waals surface area contributed by atoms with Crippen LogP contribution in [0.4, 0.5) is 5.69 Å².